The van der Waals surface area contributed by atoms with E-state index in [0.717, 1.165) is 112 Å². The summed E-state index contributed by atoms with van der Waals surface area (Å²) in [5.41, 5.74) is 4.05. The molecule has 0 saturated heterocycles. The van der Waals surface area contributed by atoms with Crippen molar-refractivity contribution in [3.63, 3.8) is 0 Å². The van der Waals surface area contributed by atoms with Crippen LogP contribution in [0.4, 0.5) is 0 Å². The van der Waals surface area contributed by atoms with Crippen molar-refractivity contribution in [1.82, 2.24) is 9.80 Å². The number of terminal acetylenes is 1. The first-order valence-corrected chi connectivity index (χ1v) is 29.2. The van der Waals surface area contributed by atoms with Gasteiger partial charge in [0.1, 0.15) is 0 Å². The molecule has 6 heterocycles. The van der Waals surface area contributed by atoms with Gasteiger partial charge in [0, 0.05) is 84.3 Å². The van der Waals surface area contributed by atoms with Gasteiger partial charge in [-0.15, -0.1) is 51.8 Å². The number of imide groups is 2. The van der Waals surface area contributed by atoms with Crippen LogP contribution in [-0.4, -0.2) is 40.0 Å². The fourth-order valence-electron chi connectivity index (χ4n) is 8.95. The maximum Gasteiger partial charge on any atom is 0.275 e. The van der Waals surface area contributed by atoms with Gasteiger partial charge in [-0.3, -0.25) is 24.1 Å². The van der Waals surface area contributed by atoms with Crippen LogP contribution < -0.4 is 0 Å². The van der Waals surface area contributed by atoms with Crippen molar-refractivity contribution in [3.8, 4) is 136 Å². The van der Waals surface area contributed by atoms with E-state index < -0.39 is 11.8 Å². The predicted octanol–water partition coefficient (Wildman–Crippen LogP) is 14.5. The number of fused-ring (bicyclic) bond motifs is 2. The predicted molar refractivity (Wildman–Crippen MR) is 308 cm³/mol. The van der Waals surface area contributed by atoms with E-state index in [4.69, 9.17) is 6.42 Å². The highest BCUT2D eigenvalue weighted by Crippen LogP contribution is 2.54. The summed E-state index contributed by atoms with van der Waals surface area (Å²) in [5, 5.41) is 0. The smallest absolute Gasteiger partial charge is 0.274 e. The Labute approximate surface area is 456 Å². The first kappa shape index (κ1) is 56.4. The summed E-state index contributed by atoms with van der Waals surface area (Å²) in [6.45, 7) is 11.0. The zero-order chi connectivity index (χ0) is 52.7. The van der Waals surface area contributed by atoms with Crippen molar-refractivity contribution in [2.45, 2.75) is 163 Å². The van der Waals surface area contributed by atoms with Crippen LogP contribution in [0.1, 0.15) is 199 Å². The Balaban J connectivity index is 1.34. The van der Waals surface area contributed by atoms with E-state index in [1.54, 1.807) is 34.0 Å². The minimum Gasteiger partial charge on any atom is -0.274 e. The molecule has 0 aliphatic carbocycles. The molecule has 0 atom stereocenters. The lowest BCUT2D eigenvalue weighted by Crippen LogP contribution is -2.31. The van der Waals surface area contributed by atoms with Gasteiger partial charge < -0.3 is 0 Å². The van der Waals surface area contributed by atoms with Gasteiger partial charge in [0.25, 0.3) is 23.6 Å². The number of unbranched alkanes of at least 4 members (excludes halogenated alkanes) is 15. The molecule has 6 nitrogen and oxygen atoms in total. The van der Waals surface area contributed by atoms with Crippen LogP contribution >= 0.6 is 45.3 Å². The summed E-state index contributed by atoms with van der Waals surface area (Å²) in [7, 11) is 0. The Hall–Kier alpha value is -6.88. The van der Waals surface area contributed by atoms with Crippen molar-refractivity contribution in [2.75, 3.05) is 6.54 Å². The van der Waals surface area contributed by atoms with Crippen molar-refractivity contribution >= 4 is 69.0 Å². The Morgan fingerprint density at radius 2 is 0.838 bits per heavy atom. The molecule has 0 spiro atoms. The molecule has 0 N–H and O–H groups in total. The van der Waals surface area contributed by atoms with Crippen LogP contribution in [0.3, 0.4) is 0 Å². The number of thiophene rings is 4. The van der Waals surface area contributed by atoms with Gasteiger partial charge in [-0.25, -0.2) is 0 Å². The number of rotatable bonds is 24. The number of hydrogen-bond donors (Lipinski definition) is 0. The highest BCUT2D eigenvalue weighted by Gasteiger charge is 2.44. The van der Waals surface area contributed by atoms with Crippen LogP contribution in [0.5, 0.6) is 0 Å². The molecule has 10 heteroatoms. The maximum atomic E-state index is 14.9. The summed E-state index contributed by atoms with van der Waals surface area (Å²) < 4.78 is 0. The van der Waals surface area contributed by atoms with Crippen molar-refractivity contribution < 1.29 is 19.2 Å². The molecule has 0 radical (unpaired) electrons. The first-order valence-electron chi connectivity index (χ1n) is 25.9. The number of hydrogen-bond acceptors (Lipinski definition) is 8. The Morgan fingerprint density at radius 3 is 1.35 bits per heavy atom. The monoisotopic (exact) mass is 1050 g/mol. The topological polar surface area (TPSA) is 74.8 Å². The lowest BCUT2D eigenvalue weighted by Gasteiger charge is -2.15. The third-order valence-corrected chi connectivity index (χ3v) is 17.6. The number of carbonyl (C=O) groups excluding carboxylic acids is 4. The molecule has 6 rings (SSSR count). The average Bonchev–Trinajstić information content (AvgIpc) is 4.24. The number of carbonyl (C=O) groups is 4. The van der Waals surface area contributed by atoms with E-state index in [1.807, 2.05) is 6.92 Å². The molecular weight excluding hydrogens is 989 g/mol. The zero-order valence-corrected chi connectivity index (χ0v) is 46.5. The molecule has 4 amide bonds. The zero-order valence-electron chi connectivity index (χ0n) is 43.2. The molecule has 374 valence electrons. The van der Waals surface area contributed by atoms with Gasteiger partial charge in [0.15, 0.2) is 0 Å². The molecule has 2 aliphatic heterocycles. The third-order valence-electron chi connectivity index (χ3n) is 12.6. The molecule has 0 aromatic carbocycles. The van der Waals surface area contributed by atoms with E-state index in [1.165, 1.54) is 78.0 Å². The molecule has 0 unspecified atom stereocenters. The van der Waals surface area contributed by atoms with Crippen LogP contribution in [0.25, 0.3) is 29.3 Å². The lowest BCUT2D eigenvalue weighted by atomic mass is 10.0. The van der Waals surface area contributed by atoms with Gasteiger partial charge >= 0.3 is 0 Å². The van der Waals surface area contributed by atoms with Gasteiger partial charge in [0.2, 0.25) is 0 Å². The fourth-order valence-corrected chi connectivity index (χ4v) is 14.1. The second-order valence-electron chi connectivity index (χ2n) is 18.1. The standard InChI is InChI=1S/C64H60N2O4S4/c1-7-11-15-19-23-24-25-26-27-28-29-30-31-32-36-40-43-65-61(67)52-48(6)72-58(53(52)62(65)68)51-46-50(42-38-34-21-17-13-9-3)57(73-51)60-55-54(63(69)66(64(55)70)44-39-35-22-18-14-10-4)59(74-60)56-49(45-47(5)71-56)41-37-33-20-16-12-8-2/h1,45-46H,8-10,12-14,16-18,20-22,33-35,37-39,41-42,44H2,2-6H3. The summed E-state index contributed by atoms with van der Waals surface area (Å²) in [4.78, 5) is 67.4. The van der Waals surface area contributed by atoms with Gasteiger partial charge in [-0.05, 0) is 117 Å². The fraction of sp³-hybridized carbons (Fsp3) is 0.406. The largest absolute Gasteiger partial charge is 0.275 e. The Morgan fingerprint density at radius 1 is 0.419 bits per heavy atom. The Kier molecular flexibility index (Phi) is 22.7. The van der Waals surface area contributed by atoms with E-state index in [9.17, 15) is 19.2 Å². The van der Waals surface area contributed by atoms with Crippen molar-refractivity contribution in [2.24, 2.45) is 0 Å². The minimum atomic E-state index is -0.507. The van der Waals surface area contributed by atoms with Crippen molar-refractivity contribution in [1.29, 1.82) is 0 Å². The second kappa shape index (κ2) is 29.7. The third kappa shape index (κ3) is 14.7. The van der Waals surface area contributed by atoms with E-state index in [-0.39, 0.29) is 11.8 Å². The highest BCUT2D eigenvalue weighted by atomic mass is 32.1. The molecule has 0 fully saturated rings. The summed E-state index contributed by atoms with van der Waals surface area (Å²) in [5.74, 6) is 38.6. The van der Waals surface area contributed by atoms with Gasteiger partial charge in [-0.1, -0.05) is 117 Å². The maximum absolute atomic E-state index is 14.9. The highest BCUT2D eigenvalue weighted by molar-refractivity contribution is 7.29. The molecular formula is C64H60N2O4S4. The number of aryl methyl sites for hydroxylation is 4. The summed E-state index contributed by atoms with van der Waals surface area (Å²) >= 11 is 6.27. The van der Waals surface area contributed by atoms with Crippen LogP contribution in [0.2, 0.25) is 0 Å². The van der Waals surface area contributed by atoms with E-state index >= 15 is 0 Å². The van der Waals surface area contributed by atoms with Crippen LogP contribution in [-0.2, 0) is 12.8 Å². The van der Waals surface area contributed by atoms with E-state index in [2.05, 4.69) is 141 Å². The minimum absolute atomic E-state index is 0.191. The first-order chi connectivity index (χ1) is 36.2. The number of nitrogens with zero attached hydrogens (tertiary/aromatic N) is 2. The quantitative estimate of drug-likeness (QED) is 0.0398. The average molecular weight is 1050 g/mol. The summed E-state index contributed by atoms with van der Waals surface area (Å²) in [6, 6.07) is 7.09. The van der Waals surface area contributed by atoms with Crippen molar-refractivity contribution in [3.05, 3.63) is 55.3 Å². The molecule has 0 saturated carbocycles. The number of amides is 4. The van der Waals surface area contributed by atoms with Crippen LogP contribution in [0, 0.1) is 121 Å². The Bertz CT molecular complexity index is 3340. The normalized spacial score (nSPS) is 11.6. The molecule has 74 heavy (non-hydrogen) atoms. The molecule has 4 aromatic heterocycles. The summed E-state index contributed by atoms with van der Waals surface area (Å²) in [6.07, 6.45) is 27.0. The van der Waals surface area contributed by atoms with Gasteiger partial charge in [-0.2, -0.15) is 4.90 Å². The lowest BCUT2D eigenvalue weighted by molar-refractivity contribution is 0.0649. The van der Waals surface area contributed by atoms with Crippen LogP contribution in [0.15, 0.2) is 12.1 Å². The molecule has 0 bridgehead atoms. The molecule has 4 aromatic rings. The SMILES string of the molecule is C#CC#CC#CC#CC#CC#CC#CC#CC#CN1C(=O)c2c(C)sc(-c3cc(CCCCCCCC)c(-c4sc(-c5sc(C)cc5CCCCCCCC)c5c4C(=O)N(CCCCCCCC)C5=O)s3)c2C1=O. The second-order valence-corrected chi connectivity index (χ2v) is 22.6. The van der Waals surface area contributed by atoms with E-state index in [0.29, 0.717) is 38.6 Å². The van der Waals surface area contributed by atoms with Gasteiger partial charge in [0.05, 0.1) is 36.9 Å². The molecule has 2 aliphatic rings.